The Labute approximate surface area is 90.2 Å². The van der Waals surface area contributed by atoms with Gasteiger partial charge in [-0.05, 0) is 26.3 Å². The zero-order chi connectivity index (χ0) is 11.6. The molecule has 15 heavy (non-hydrogen) atoms. The lowest BCUT2D eigenvalue weighted by Gasteiger charge is -2.10. The number of esters is 1. The summed E-state index contributed by atoms with van der Waals surface area (Å²) in [7, 11) is 1.41. The number of methoxy groups -OCH3 is 1. The summed E-state index contributed by atoms with van der Waals surface area (Å²) in [6.07, 6.45) is 0. The summed E-state index contributed by atoms with van der Waals surface area (Å²) in [5.74, 6) is -0.354. The maximum atomic E-state index is 11.3. The van der Waals surface area contributed by atoms with Crippen LogP contribution < -0.4 is 0 Å². The van der Waals surface area contributed by atoms with E-state index in [4.69, 9.17) is 0 Å². The number of ether oxygens (including phenoxy) is 1. The van der Waals surface area contributed by atoms with Crippen LogP contribution in [-0.4, -0.2) is 22.9 Å². The molecule has 1 aromatic rings. The average Bonchev–Trinajstić information content (AvgIpc) is 2.45. The summed E-state index contributed by atoms with van der Waals surface area (Å²) in [5.41, 5.74) is 3.32. The largest absolute Gasteiger partial charge is 0.469 e. The molecular weight excluding hydrogens is 192 g/mol. The predicted octanol–water partition coefficient (Wildman–Crippen LogP) is 1.62. The van der Waals surface area contributed by atoms with Gasteiger partial charge < -0.3 is 4.74 Å². The summed E-state index contributed by atoms with van der Waals surface area (Å²) in [6.45, 7) is 8.45. The van der Waals surface area contributed by atoms with Crippen molar-refractivity contribution < 1.29 is 9.53 Å². The first-order valence-electron chi connectivity index (χ1n) is 5.05. The number of nitrogens with zero attached hydrogens (tertiary/aromatic N) is 2. The van der Waals surface area contributed by atoms with E-state index in [1.807, 2.05) is 32.4 Å². The monoisotopic (exact) mass is 210 g/mol. The lowest BCUT2D eigenvalue weighted by molar-refractivity contribution is -0.145. The number of hydrogen-bond acceptors (Lipinski definition) is 3. The molecule has 4 nitrogen and oxygen atoms in total. The molecule has 0 amide bonds. The van der Waals surface area contributed by atoms with E-state index in [9.17, 15) is 4.79 Å². The second kappa shape index (κ2) is 4.47. The summed E-state index contributed by atoms with van der Waals surface area (Å²) >= 11 is 0. The molecule has 4 heteroatoms. The van der Waals surface area contributed by atoms with Gasteiger partial charge in [0.15, 0.2) is 0 Å². The molecule has 0 bridgehead atoms. The van der Waals surface area contributed by atoms with Gasteiger partial charge in [0.2, 0.25) is 0 Å². The van der Waals surface area contributed by atoms with Gasteiger partial charge in [0.05, 0.1) is 25.3 Å². The molecular formula is C11H18N2O2. The van der Waals surface area contributed by atoms with Crippen LogP contribution >= 0.6 is 0 Å². The smallest absolute Gasteiger partial charge is 0.310 e. The number of aromatic nitrogens is 2. The highest BCUT2D eigenvalue weighted by Crippen LogP contribution is 2.13. The van der Waals surface area contributed by atoms with Gasteiger partial charge in [-0.1, -0.05) is 6.92 Å². The zero-order valence-electron chi connectivity index (χ0n) is 10.00. The SMILES string of the molecule is COC(=O)C(C)Cn1nc(C)c(C)c1C. The molecule has 1 atom stereocenters. The van der Waals surface area contributed by atoms with Crippen molar-refractivity contribution in [1.82, 2.24) is 9.78 Å². The van der Waals surface area contributed by atoms with Gasteiger partial charge in [0, 0.05) is 5.69 Å². The molecule has 0 radical (unpaired) electrons. The highest BCUT2D eigenvalue weighted by Gasteiger charge is 2.16. The third-order valence-corrected chi connectivity index (χ3v) is 2.79. The van der Waals surface area contributed by atoms with E-state index in [0.29, 0.717) is 6.54 Å². The molecule has 1 unspecified atom stereocenters. The first kappa shape index (κ1) is 11.8. The maximum absolute atomic E-state index is 11.3. The van der Waals surface area contributed by atoms with Crippen molar-refractivity contribution in [1.29, 1.82) is 0 Å². The molecule has 0 saturated carbocycles. The van der Waals surface area contributed by atoms with Crippen LogP contribution in [0, 0.1) is 26.7 Å². The first-order chi connectivity index (χ1) is 6.97. The lowest BCUT2D eigenvalue weighted by Crippen LogP contribution is -2.20. The second-order valence-corrected chi connectivity index (χ2v) is 3.90. The standard InChI is InChI=1S/C11H18N2O2/c1-7(11(14)15-5)6-13-10(4)8(2)9(3)12-13/h7H,6H2,1-5H3. The summed E-state index contributed by atoms with van der Waals surface area (Å²) in [6, 6.07) is 0. The molecule has 0 N–H and O–H groups in total. The summed E-state index contributed by atoms with van der Waals surface area (Å²) in [5, 5.41) is 4.38. The quantitative estimate of drug-likeness (QED) is 0.712. The van der Waals surface area contributed by atoms with Crippen molar-refractivity contribution in [2.24, 2.45) is 5.92 Å². The van der Waals surface area contributed by atoms with E-state index in [0.717, 1.165) is 11.4 Å². The number of rotatable bonds is 3. The van der Waals surface area contributed by atoms with E-state index in [2.05, 4.69) is 9.84 Å². The van der Waals surface area contributed by atoms with E-state index in [1.54, 1.807) is 0 Å². The molecule has 84 valence electrons. The third kappa shape index (κ3) is 2.37. The predicted molar refractivity (Wildman–Crippen MR) is 57.6 cm³/mol. The van der Waals surface area contributed by atoms with Gasteiger partial charge in [-0.2, -0.15) is 5.10 Å². The van der Waals surface area contributed by atoms with Gasteiger partial charge in [0.25, 0.3) is 0 Å². The molecule has 0 aliphatic carbocycles. The van der Waals surface area contributed by atoms with Gasteiger partial charge in [-0.15, -0.1) is 0 Å². The molecule has 1 rings (SSSR count). The molecule has 1 heterocycles. The second-order valence-electron chi connectivity index (χ2n) is 3.90. The highest BCUT2D eigenvalue weighted by molar-refractivity contribution is 5.71. The Morgan fingerprint density at radius 1 is 1.47 bits per heavy atom. The Hall–Kier alpha value is -1.32. The topological polar surface area (TPSA) is 44.1 Å². The fourth-order valence-electron chi connectivity index (χ4n) is 1.50. The number of carbonyl (C=O) groups excluding carboxylic acids is 1. The van der Waals surface area contributed by atoms with Crippen molar-refractivity contribution in [2.45, 2.75) is 34.2 Å². The lowest BCUT2D eigenvalue weighted by atomic mass is 10.2. The number of carbonyl (C=O) groups is 1. The van der Waals surface area contributed by atoms with Crippen LogP contribution in [0.1, 0.15) is 23.9 Å². The molecule has 0 saturated heterocycles. The van der Waals surface area contributed by atoms with Gasteiger partial charge in [-0.3, -0.25) is 9.48 Å². The van der Waals surface area contributed by atoms with Crippen LogP contribution in [0.4, 0.5) is 0 Å². The van der Waals surface area contributed by atoms with Crippen LogP contribution in [-0.2, 0) is 16.1 Å². The van der Waals surface area contributed by atoms with Gasteiger partial charge >= 0.3 is 5.97 Å². The fourth-order valence-corrected chi connectivity index (χ4v) is 1.50. The van der Waals surface area contributed by atoms with Gasteiger partial charge in [0.1, 0.15) is 0 Å². The normalized spacial score (nSPS) is 12.6. The van der Waals surface area contributed by atoms with E-state index in [1.165, 1.54) is 12.7 Å². The van der Waals surface area contributed by atoms with Gasteiger partial charge in [-0.25, -0.2) is 0 Å². The molecule has 1 aromatic heterocycles. The fraction of sp³-hybridized carbons (Fsp3) is 0.636. The van der Waals surface area contributed by atoms with Crippen molar-refractivity contribution in [3.8, 4) is 0 Å². The first-order valence-corrected chi connectivity index (χ1v) is 5.05. The third-order valence-electron chi connectivity index (χ3n) is 2.79. The zero-order valence-corrected chi connectivity index (χ0v) is 10.00. The summed E-state index contributed by atoms with van der Waals surface area (Å²) in [4.78, 5) is 11.3. The van der Waals surface area contributed by atoms with Crippen LogP contribution in [0.2, 0.25) is 0 Å². The van der Waals surface area contributed by atoms with Crippen molar-refractivity contribution in [3.05, 3.63) is 17.0 Å². The van der Waals surface area contributed by atoms with Crippen LogP contribution in [0.3, 0.4) is 0 Å². The Bertz CT molecular complexity index is 369. The molecule has 0 aromatic carbocycles. The maximum Gasteiger partial charge on any atom is 0.310 e. The number of hydrogen-bond donors (Lipinski definition) is 0. The minimum atomic E-state index is -0.194. The Balaban J connectivity index is 2.81. The van der Waals surface area contributed by atoms with E-state index in [-0.39, 0.29) is 11.9 Å². The number of aryl methyl sites for hydroxylation is 1. The van der Waals surface area contributed by atoms with Crippen molar-refractivity contribution >= 4 is 5.97 Å². The average molecular weight is 210 g/mol. The summed E-state index contributed by atoms with van der Waals surface area (Å²) < 4.78 is 6.55. The molecule has 0 fully saturated rings. The Morgan fingerprint density at radius 3 is 2.47 bits per heavy atom. The van der Waals surface area contributed by atoms with E-state index >= 15 is 0 Å². The van der Waals surface area contributed by atoms with Crippen LogP contribution in [0.5, 0.6) is 0 Å². The van der Waals surface area contributed by atoms with E-state index < -0.39 is 0 Å². The van der Waals surface area contributed by atoms with Crippen LogP contribution in [0.25, 0.3) is 0 Å². The molecule has 0 spiro atoms. The molecule has 0 aliphatic heterocycles. The Morgan fingerprint density at radius 2 is 2.07 bits per heavy atom. The van der Waals surface area contributed by atoms with Crippen molar-refractivity contribution in [3.63, 3.8) is 0 Å². The Kier molecular flexibility index (Phi) is 3.50. The van der Waals surface area contributed by atoms with Crippen molar-refractivity contribution in [2.75, 3.05) is 7.11 Å². The van der Waals surface area contributed by atoms with Crippen LogP contribution in [0.15, 0.2) is 0 Å². The highest BCUT2D eigenvalue weighted by atomic mass is 16.5. The molecule has 0 aliphatic rings. The minimum Gasteiger partial charge on any atom is -0.469 e. The minimum absolute atomic E-state index is 0.160.